The Kier molecular flexibility index (Phi) is 2.23. The van der Waals surface area contributed by atoms with Crippen LogP contribution in [0.1, 0.15) is 33.1 Å². The first kappa shape index (κ1) is 9.26. The van der Waals surface area contributed by atoms with Gasteiger partial charge < -0.3 is 4.90 Å². The Morgan fingerprint density at radius 2 is 2.08 bits per heavy atom. The number of nitrogens with zero attached hydrogens (tertiary/aromatic N) is 1. The van der Waals surface area contributed by atoms with E-state index in [2.05, 4.69) is 31.9 Å². The van der Waals surface area contributed by atoms with Crippen LogP contribution in [0.3, 0.4) is 0 Å². The van der Waals surface area contributed by atoms with Crippen LogP contribution in [0, 0.1) is 11.3 Å². The van der Waals surface area contributed by atoms with Gasteiger partial charge in [-0.25, -0.2) is 0 Å². The molecule has 0 aromatic heterocycles. The fourth-order valence-electron chi connectivity index (χ4n) is 2.95. The van der Waals surface area contributed by atoms with Crippen LogP contribution < -0.4 is 0 Å². The van der Waals surface area contributed by atoms with Gasteiger partial charge in [0.2, 0.25) is 0 Å². The second-order valence-corrected chi connectivity index (χ2v) is 5.41. The second-order valence-electron chi connectivity index (χ2n) is 5.41. The highest BCUT2D eigenvalue weighted by Gasteiger charge is 2.44. The smallest absolute Gasteiger partial charge is 0.00416 e. The van der Waals surface area contributed by atoms with Crippen molar-refractivity contribution in [1.82, 2.24) is 4.90 Å². The van der Waals surface area contributed by atoms with Crippen molar-refractivity contribution in [2.75, 3.05) is 20.1 Å². The summed E-state index contributed by atoms with van der Waals surface area (Å²) in [4.78, 5) is 2.48. The predicted octanol–water partition coefficient (Wildman–Crippen LogP) is 2.68. The Bertz CT molecular complexity index is 219. The summed E-state index contributed by atoms with van der Waals surface area (Å²) in [5, 5.41) is 0. The lowest BCUT2D eigenvalue weighted by molar-refractivity contribution is 0.210. The summed E-state index contributed by atoms with van der Waals surface area (Å²) < 4.78 is 0. The molecule has 1 nitrogen and oxygen atoms in total. The van der Waals surface area contributed by atoms with Crippen LogP contribution in [-0.4, -0.2) is 25.0 Å². The van der Waals surface area contributed by atoms with Gasteiger partial charge in [0.15, 0.2) is 0 Å². The van der Waals surface area contributed by atoms with Crippen LogP contribution in [0.4, 0.5) is 0 Å². The first-order valence-corrected chi connectivity index (χ1v) is 5.48. The lowest BCUT2D eigenvalue weighted by Crippen LogP contribution is -2.34. The zero-order chi connectivity index (χ0) is 9.47. The maximum Gasteiger partial charge on any atom is 0.00416 e. The Morgan fingerprint density at radius 1 is 1.38 bits per heavy atom. The highest BCUT2D eigenvalue weighted by atomic mass is 15.1. The monoisotopic (exact) mass is 179 g/mol. The number of likely N-dealkylation sites (tertiary alicyclic amines) is 1. The van der Waals surface area contributed by atoms with Crippen molar-refractivity contribution in [3.05, 3.63) is 11.6 Å². The molecule has 2 aliphatic rings. The fraction of sp³-hybridized carbons (Fsp3) is 0.833. The molecule has 1 aliphatic heterocycles. The van der Waals surface area contributed by atoms with E-state index in [1.54, 1.807) is 5.57 Å². The van der Waals surface area contributed by atoms with Crippen LogP contribution in [-0.2, 0) is 0 Å². The number of hydrogen-bond acceptors (Lipinski definition) is 1. The van der Waals surface area contributed by atoms with E-state index < -0.39 is 0 Å². The Balaban J connectivity index is 1.90. The largest absolute Gasteiger partial charge is 0.306 e. The molecule has 2 rings (SSSR count). The Labute approximate surface area is 81.8 Å². The van der Waals surface area contributed by atoms with E-state index in [1.165, 1.54) is 32.4 Å². The van der Waals surface area contributed by atoms with Gasteiger partial charge in [0.1, 0.15) is 0 Å². The molecule has 1 heteroatoms. The van der Waals surface area contributed by atoms with Crippen molar-refractivity contribution in [2.45, 2.75) is 33.1 Å². The highest BCUT2D eigenvalue weighted by Crippen LogP contribution is 2.51. The van der Waals surface area contributed by atoms with Gasteiger partial charge in [-0.2, -0.15) is 0 Å². The van der Waals surface area contributed by atoms with Gasteiger partial charge in [-0.15, -0.1) is 0 Å². The zero-order valence-corrected chi connectivity index (χ0v) is 9.14. The molecule has 1 heterocycles. The third kappa shape index (κ3) is 1.80. The number of rotatable bonds is 1. The molecule has 0 N–H and O–H groups in total. The van der Waals surface area contributed by atoms with E-state index in [0.29, 0.717) is 5.41 Å². The average Bonchev–Trinajstić information content (AvgIpc) is 2.29. The van der Waals surface area contributed by atoms with E-state index in [4.69, 9.17) is 0 Å². The first-order chi connectivity index (χ1) is 6.10. The van der Waals surface area contributed by atoms with E-state index in [1.807, 2.05) is 0 Å². The van der Waals surface area contributed by atoms with Gasteiger partial charge in [0.05, 0.1) is 0 Å². The maximum absolute atomic E-state index is 2.48. The summed E-state index contributed by atoms with van der Waals surface area (Å²) in [6.45, 7) is 7.20. The summed E-state index contributed by atoms with van der Waals surface area (Å²) in [7, 11) is 2.25. The van der Waals surface area contributed by atoms with Crippen molar-refractivity contribution in [2.24, 2.45) is 11.3 Å². The second kappa shape index (κ2) is 3.13. The number of allylic oxidation sites excluding steroid dienone is 2. The molecule has 0 bridgehead atoms. The van der Waals surface area contributed by atoms with Crippen LogP contribution >= 0.6 is 0 Å². The van der Waals surface area contributed by atoms with Crippen LogP contribution in [0.2, 0.25) is 0 Å². The molecule has 0 unspecified atom stereocenters. The molecular formula is C12H21N. The summed E-state index contributed by atoms with van der Waals surface area (Å²) >= 11 is 0. The van der Waals surface area contributed by atoms with Gasteiger partial charge >= 0.3 is 0 Å². The predicted molar refractivity (Wildman–Crippen MR) is 56.7 cm³/mol. The lowest BCUT2D eigenvalue weighted by atomic mass is 9.64. The maximum atomic E-state index is 2.48. The molecule has 1 saturated carbocycles. The van der Waals surface area contributed by atoms with Crippen molar-refractivity contribution in [3.63, 3.8) is 0 Å². The minimum absolute atomic E-state index is 0.704. The van der Waals surface area contributed by atoms with E-state index in [0.717, 1.165) is 5.92 Å². The summed E-state index contributed by atoms with van der Waals surface area (Å²) in [5.41, 5.74) is 2.42. The van der Waals surface area contributed by atoms with Gasteiger partial charge in [0.25, 0.3) is 0 Å². The van der Waals surface area contributed by atoms with E-state index in [-0.39, 0.29) is 0 Å². The molecule has 13 heavy (non-hydrogen) atoms. The summed E-state index contributed by atoms with van der Waals surface area (Å²) in [5.74, 6) is 0.742. The van der Waals surface area contributed by atoms with Crippen molar-refractivity contribution in [3.8, 4) is 0 Å². The van der Waals surface area contributed by atoms with Crippen molar-refractivity contribution in [1.29, 1.82) is 0 Å². The SMILES string of the molecule is CC(C)C=C1CC2(CCN(C)C2)C1. The minimum Gasteiger partial charge on any atom is -0.306 e. The quantitative estimate of drug-likeness (QED) is 0.559. The van der Waals surface area contributed by atoms with E-state index in [9.17, 15) is 0 Å². The molecule has 2 fully saturated rings. The third-order valence-electron chi connectivity index (χ3n) is 3.40. The standard InChI is InChI=1S/C12H21N/c1-10(2)6-11-7-12(8-11)4-5-13(3)9-12/h6,10H,4-5,7-9H2,1-3H3. The molecule has 1 aliphatic carbocycles. The van der Waals surface area contributed by atoms with Crippen molar-refractivity contribution >= 4 is 0 Å². The van der Waals surface area contributed by atoms with Crippen LogP contribution in [0.15, 0.2) is 11.6 Å². The molecule has 0 radical (unpaired) electrons. The number of hydrogen-bond donors (Lipinski definition) is 0. The molecule has 74 valence electrons. The first-order valence-electron chi connectivity index (χ1n) is 5.48. The summed E-state index contributed by atoms with van der Waals surface area (Å²) in [6, 6.07) is 0. The highest BCUT2D eigenvalue weighted by molar-refractivity contribution is 5.21. The zero-order valence-electron chi connectivity index (χ0n) is 9.14. The topological polar surface area (TPSA) is 3.24 Å². The van der Waals surface area contributed by atoms with Gasteiger partial charge in [-0.3, -0.25) is 0 Å². The molecule has 0 amide bonds. The average molecular weight is 179 g/mol. The van der Waals surface area contributed by atoms with Gasteiger partial charge in [-0.1, -0.05) is 25.5 Å². The molecule has 1 saturated heterocycles. The molecule has 0 atom stereocenters. The molecule has 0 aromatic rings. The third-order valence-corrected chi connectivity index (χ3v) is 3.40. The normalized spacial score (nSPS) is 34.3. The van der Waals surface area contributed by atoms with Gasteiger partial charge in [0, 0.05) is 6.54 Å². The molecule has 1 spiro atoms. The van der Waals surface area contributed by atoms with E-state index >= 15 is 0 Å². The Hall–Kier alpha value is -0.300. The molecular weight excluding hydrogens is 158 g/mol. The minimum atomic E-state index is 0.704. The Morgan fingerprint density at radius 3 is 2.54 bits per heavy atom. The lowest BCUT2D eigenvalue weighted by Gasteiger charge is -2.41. The molecule has 0 aromatic carbocycles. The van der Waals surface area contributed by atoms with Crippen LogP contribution in [0.25, 0.3) is 0 Å². The van der Waals surface area contributed by atoms with Crippen molar-refractivity contribution < 1.29 is 0 Å². The van der Waals surface area contributed by atoms with Crippen LogP contribution in [0.5, 0.6) is 0 Å². The summed E-state index contributed by atoms with van der Waals surface area (Å²) in [6.07, 6.45) is 6.66. The van der Waals surface area contributed by atoms with Gasteiger partial charge in [-0.05, 0) is 44.2 Å². The fourth-order valence-corrected chi connectivity index (χ4v) is 2.95.